The molecule has 0 amide bonds. The lowest BCUT2D eigenvalue weighted by Crippen LogP contribution is -2.15. The zero-order valence-electron chi connectivity index (χ0n) is 16.2. The average molecular weight is 467 g/mol. The fraction of sp³-hybridized carbons (Fsp3) is 0. The van der Waals surface area contributed by atoms with Gasteiger partial charge in [0.2, 0.25) is 9.84 Å². The number of benzene rings is 2. The van der Waals surface area contributed by atoms with Gasteiger partial charge in [-0.3, -0.25) is 19.9 Å². The molecule has 4 rings (SSSR count). The number of nitro groups is 1. The first-order valence-electron chi connectivity index (χ1n) is 9.12. The minimum Gasteiger partial charge on any atom is -0.354 e. The Kier molecular flexibility index (Phi) is 5.75. The predicted octanol–water partition coefficient (Wildman–Crippen LogP) is 4.47. The van der Waals surface area contributed by atoms with E-state index in [1.807, 2.05) is 30.3 Å². The number of nitrogens with one attached hydrogen (secondary N) is 1. The first-order chi connectivity index (χ1) is 15.4. The summed E-state index contributed by atoms with van der Waals surface area (Å²) in [6, 6.07) is 15.3. The Balaban J connectivity index is 1.63. The van der Waals surface area contributed by atoms with Crippen LogP contribution in [0.1, 0.15) is 9.80 Å². The summed E-state index contributed by atoms with van der Waals surface area (Å²) in [5.74, 6) is 0. The number of hydrogen-bond donors (Lipinski definition) is 1. The third kappa shape index (κ3) is 4.24. The van der Waals surface area contributed by atoms with Crippen LogP contribution in [0, 0.1) is 10.1 Å². The van der Waals surface area contributed by atoms with Gasteiger partial charge in [-0.05, 0) is 30.3 Å². The topological polar surface area (TPSA) is 132 Å². The summed E-state index contributed by atoms with van der Waals surface area (Å²) in [6.45, 7) is 0. The summed E-state index contributed by atoms with van der Waals surface area (Å²) in [5.41, 5.74) is 1.93. The fourth-order valence-corrected chi connectivity index (χ4v) is 5.08. The highest BCUT2D eigenvalue weighted by atomic mass is 32.2. The SMILES string of the molecule is O=C(c1ncc(-c2ccncc2Nc2ccccc2)s1)S(=O)(=O)c1ccc([N+](=O)[O-])cc1. The number of carbonyl (C=O) groups excluding carboxylic acids is 1. The van der Waals surface area contributed by atoms with Gasteiger partial charge in [-0.2, -0.15) is 0 Å². The highest BCUT2D eigenvalue weighted by Crippen LogP contribution is 2.34. The van der Waals surface area contributed by atoms with Crippen molar-refractivity contribution in [1.82, 2.24) is 9.97 Å². The van der Waals surface area contributed by atoms with Gasteiger partial charge < -0.3 is 5.32 Å². The Bertz CT molecular complexity index is 1400. The van der Waals surface area contributed by atoms with Crippen LogP contribution in [0.15, 0.2) is 84.1 Å². The molecular weight excluding hydrogens is 452 g/mol. The van der Waals surface area contributed by atoms with Crippen molar-refractivity contribution in [3.8, 4) is 10.4 Å². The Morgan fingerprint density at radius 2 is 1.72 bits per heavy atom. The number of para-hydroxylation sites is 1. The molecule has 32 heavy (non-hydrogen) atoms. The summed E-state index contributed by atoms with van der Waals surface area (Å²) in [6.07, 6.45) is 4.63. The number of carbonyl (C=O) groups is 1. The van der Waals surface area contributed by atoms with Gasteiger partial charge in [-0.1, -0.05) is 18.2 Å². The maximum absolute atomic E-state index is 12.7. The van der Waals surface area contributed by atoms with E-state index in [-0.39, 0.29) is 15.6 Å². The number of nitro benzene ring substituents is 1. The molecule has 0 saturated carbocycles. The fourth-order valence-electron chi connectivity index (χ4n) is 2.85. The Morgan fingerprint density at radius 1 is 1.00 bits per heavy atom. The summed E-state index contributed by atoms with van der Waals surface area (Å²) in [7, 11) is -4.40. The zero-order valence-corrected chi connectivity index (χ0v) is 17.8. The molecule has 0 aliphatic heterocycles. The van der Waals surface area contributed by atoms with E-state index in [1.165, 1.54) is 6.20 Å². The minimum atomic E-state index is -4.40. The number of rotatable bonds is 6. The van der Waals surface area contributed by atoms with Gasteiger partial charge in [-0.15, -0.1) is 11.3 Å². The highest BCUT2D eigenvalue weighted by molar-refractivity contribution is 8.07. The second-order valence-electron chi connectivity index (χ2n) is 6.48. The van der Waals surface area contributed by atoms with Crippen molar-refractivity contribution >= 4 is 43.4 Å². The van der Waals surface area contributed by atoms with Crippen LogP contribution in [-0.2, 0) is 9.84 Å². The molecule has 0 unspecified atom stereocenters. The normalized spacial score (nSPS) is 11.1. The van der Waals surface area contributed by atoms with Crippen LogP contribution in [0.25, 0.3) is 10.4 Å². The Hall–Kier alpha value is -3.96. The van der Waals surface area contributed by atoms with Crippen molar-refractivity contribution in [1.29, 1.82) is 0 Å². The third-order valence-electron chi connectivity index (χ3n) is 4.42. The lowest BCUT2D eigenvalue weighted by Gasteiger charge is -2.09. The molecule has 0 bridgehead atoms. The smallest absolute Gasteiger partial charge is 0.309 e. The van der Waals surface area contributed by atoms with Gasteiger partial charge in [0, 0.05) is 35.8 Å². The van der Waals surface area contributed by atoms with Crippen molar-refractivity contribution in [2.24, 2.45) is 0 Å². The van der Waals surface area contributed by atoms with Crippen LogP contribution < -0.4 is 5.32 Å². The van der Waals surface area contributed by atoms with Crippen LogP contribution in [0.5, 0.6) is 0 Å². The summed E-state index contributed by atoms with van der Waals surface area (Å²) < 4.78 is 25.4. The van der Waals surface area contributed by atoms with Gasteiger partial charge in [0.15, 0.2) is 5.01 Å². The molecule has 0 aliphatic rings. The van der Waals surface area contributed by atoms with Crippen LogP contribution in [0.3, 0.4) is 0 Å². The lowest BCUT2D eigenvalue weighted by molar-refractivity contribution is -0.384. The van der Waals surface area contributed by atoms with Crippen molar-refractivity contribution < 1.29 is 18.1 Å². The van der Waals surface area contributed by atoms with Crippen molar-refractivity contribution in [2.75, 3.05) is 5.32 Å². The average Bonchev–Trinajstić information content (AvgIpc) is 3.29. The van der Waals surface area contributed by atoms with Crippen molar-refractivity contribution in [3.63, 3.8) is 0 Å². The molecule has 0 spiro atoms. The van der Waals surface area contributed by atoms with E-state index in [4.69, 9.17) is 0 Å². The van der Waals surface area contributed by atoms with E-state index in [0.29, 0.717) is 16.1 Å². The number of aromatic nitrogens is 2. The molecule has 2 heterocycles. The van der Waals surface area contributed by atoms with E-state index in [1.54, 1.807) is 18.5 Å². The first kappa shape index (κ1) is 21.3. The molecule has 0 aliphatic carbocycles. The zero-order chi connectivity index (χ0) is 22.7. The molecule has 0 radical (unpaired) electrons. The van der Waals surface area contributed by atoms with Crippen LogP contribution in [-0.4, -0.2) is 28.4 Å². The number of nitrogens with zero attached hydrogens (tertiary/aromatic N) is 3. The Morgan fingerprint density at radius 3 is 2.41 bits per heavy atom. The molecule has 2 aromatic carbocycles. The largest absolute Gasteiger partial charge is 0.354 e. The summed E-state index contributed by atoms with van der Waals surface area (Å²) in [4.78, 5) is 31.2. The van der Waals surface area contributed by atoms with E-state index in [0.717, 1.165) is 41.3 Å². The van der Waals surface area contributed by atoms with Crippen molar-refractivity contribution in [3.05, 3.63) is 94.4 Å². The quantitative estimate of drug-likeness (QED) is 0.325. The lowest BCUT2D eigenvalue weighted by atomic mass is 10.2. The van der Waals surface area contributed by atoms with E-state index < -0.39 is 19.9 Å². The molecular formula is C21H14N4O5S2. The van der Waals surface area contributed by atoms with Crippen LogP contribution >= 0.6 is 11.3 Å². The van der Waals surface area contributed by atoms with E-state index >= 15 is 0 Å². The molecule has 9 nitrogen and oxygen atoms in total. The molecule has 4 aromatic rings. The maximum atomic E-state index is 12.7. The highest BCUT2D eigenvalue weighted by Gasteiger charge is 2.30. The second-order valence-corrected chi connectivity index (χ2v) is 9.36. The van der Waals surface area contributed by atoms with Crippen LogP contribution in [0.2, 0.25) is 0 Å². The van der Waals surface area contributed by atoms with Gasteiger partial charge in [-0.25, -0.2) is 13.4 Å². The van der Waals surface area contributed by atoms with Gasteiger partial charge in [0.25, 0.3) is 5.69 Å². The van der Waals surface area contributed by atoms with Crippen LogP contribution in [0.4, 0.5) is 17.1 Å². The number of thiazole rings is 1. The van der Waals surface area contributed by atoms with E-state index in [2.05, 4.69) is 15.3 Å². The monoisotopic (exact) mass is 466 g/mol. The third-order valence-corrected chi connectivity index (χ3v) is 7.15. The molecule has 1 N–H and O–H groups in total. The first-order valence-corrected chi connectivity index (χ1v) is 11.4. The maximum Gasteiger partial charge on any atom is 0.309 e. The standard InChI is InChI=1S/C21H14N4O5S2/c26-21(32(29,30)16-8-6-15(7-9-16)25(27)28)20-23-13-19(31-20)17-10-11-22-12-18(17)24-14-4-2-1-3-5-14/h1-13,24H. The van der Waals surface area contributed by atoms with Gasteiger partial charge in [0.1, 0.15) is 0 Å². The summed E-state index contributed by atoms with van der Waals surface area (Å²) in [5, 5.41) is 12.6. The number of sulfone groups is 1. The number of pyridine rings is 1. The molecule has 0 fully saturated rings. The molecule has 2 aromatic heterocycles. The predicted molar refractivity (Wildman–Crippen MR) is 120 cm³/mol. The summed E-state index contributed by atoms with van der Waals surface area (Å²) >= 11 is 0.933. The van der Waals surface area contributed by atoms with Crippen molar-refractivity contribution in [2.45, 2.75) is 4.90 Å². The molecule has 160 valence electrons. The molecule has 0 saturated heterocycles. The number of hydrogen-bond acceptors (Lipinski definition) is 9. The van der Waals surface area contributed by atoms with Gasteiger partial charge >= 0.3 is 5.12 Å². The number of anilines is 2. The van der Waals surface area contributed by atoms with E-state index in [9.17, 15) is 23.3 Å². The second kappa shape index (κ2) is 8.65. The minimum absolute atomic E-state index is 0.208. The molecule has 0 atom stereocenters. The van der Waals surface area contributed by atoms with Gasteiger partial charge in [0.05, 0.1) is 26.6 Å². The Labute approximate surface area is 186 Å². The number of non-ortho nitro benzene ring substituents is 1. The molecule has 11 heteroatoms.